The van der Waals surface area contributed by atoms with Crippen molar-refractivity contribution in [1.82, 2.24) is 10.2 Å². The maximum atomic E-state index is 12.5. The van der Waals surface area contributed by atoms with E-state index in [-0.39, 0.29) is 17.4 Å². The highest BCUT2D eigenvalue weighted by molar-refractivity contribution is 5.80. The minimum Gasteiger partial charge on any atom is -0.383 e. The van der Waals surface area contributed by atoms with Crippen LogP contribution in [0, 0.1) is 17.3 Å². The van der Waals surface area contributed by atoms with Crippen LogP contribution in [0.3, 0.4) is 0 Å². The summed E-state index contributed by atoms with van der Waals surface area (Å²) >= 11 is 0. The molecule has 2 saturated carbocycles. The fourth-order valence-electron chi connectivity index (χ4n) is 5.63. The lowest BCUT2D eigenvalue weighted by atomic mass is 9.58. The van der Waals surface area contributed by atoms with Crippen LogP contribution in [-0.2, 0) is 9.59 Å². The monoisotopic (exact) mass is 350 g/mol. The van der Waals surface area contributed by atoms with Gasteiger partial charge in [-0.2, -0.15) is 0 Å². The summed E-state index contributed by atoms with van der Waals surface area (Å²) in [5.74, 6) is 1.39. The van der Waals surface area contributed by atoms with Gasteiger partial charge in [-0.25, -0.2) is 0 Å². The molecule has 142 valence electrons. The molecule has 0 aromatic carbocycles. The number of hydrogen-bond donors (Lipinski definition) is 2. The highest BCUT2D eigenvalue weighted by Gasteiger charge is 2.43. The number of carbonyl (C=O) groups excluding carboxylic acids is 2. The van der Waals surface area contributed by atoms with Crippen LogP contribution in [-0.4, -0.2) is 47.6 Å². The van der Waals surface area contributed by atoms with Crippen LogP contribution in [0.15, 0.2) is 0 Å². The number of fused-ring (bicyclic) bond motifs is 2. The molecule has 3 fully saturated rings. The molecule has 0 aromatic rings. The number of hydrogen-bond acceptors (Lipinski definition) is 3. The van der Waals surface area contributed by atoms with Gasteiger partial charge in [-0.3, -0.25) is 9.59 Å². The molecule has 3 atom stereocenters. The Labute approximate surface area is 151 Å². The van der Waals surface area contributed by atoms with E-state index in [0.717, 1.165) is 37.5 Å². The van der Waals surface area contributed by atoms with Gasteiger partial charge in [-0.05, 0) is 55.8 Å². The Hall–Kier alpha value is -1.10. The Balaban J connectivity index is 1.52. The van der Waals surface area contributed by atoms with Gasteiger partial charge < -0.3 is 15.3 Å². The Kier molecular flexibility index (Phi) is 6.03. The van der Waals surface area contributed by atoms with Gasteiger partial charge in [0.05, 0.1) is 0 Å². The lowest BCUT2D eigenvalue weighted by Gasteiger charge is -2.48. The van der Waals surface area contributed by atoms with Crippen molar-refractivity contribution in [2.75, 3.05) is 13.1 Å². The zero-order valence-electron chi connectivity index (χ0n) is 15.6. The number of aliphatic hydroxyl groups is 1. The molecule has 2 aliphatic carbocycles. The van der Waals surface area contributed by atoms with Crippen molar-refractivity contribution in [1.29, 1.82) is 0 Å². The highest BCUT2D eigenvalue weighted by atomic mass is 16.3. The average molecular weight is 351 g/mol. The molecular formula is C20H34N2O3. The second-order valence-electron chi connectivity index (χ2n) is 8.80. The number of amides is 2. The van der Waals surface area contributed by atoms with Gasteiger partial charge in [-0.15, -0.1) is 0 Å². The minimum atomic E-state index is -0.900. The van der Waals surface area contributed by atoms with Gasteiger partial charge >= 0.3 is 0 Å². The fraction of sp³-hybridized carbons (Fsp3) is 0.900. The van der Waals surface area contributed by atoms with Gasteiger partial charge in [0.1, 0.15) is 6.10 Å². The Morgan fingerprint density at radius 1 is 1.24 bits per heavy atom. The average Bonchev–Trinajstić information content (AvgIpc) is 2.62. The first-order valence-corrected chi connectivity index (χ1v) is 10.2. The standard InChI is InChI=1S/C20H34N2O3/c1-2-20(11-15-4-3-5-16(10-15)12-20)13-18(24)19(25)21-17-6-8-22(14-23)9-7-17/h14-18,24H,2-13H2,1H3,(H,21,25). The molecule has 0 radical (unpaired) electrons. The summed E-state index contributed by atoms with van der Waals surface area (Å²) in [5, 5.41) is 13.6. The highest BCUT2D eigenvalue weighted by Crippen LogP contribution is 2.52. The fourth-order valence-corrected chi connectivity index (χ4v) is 5.63. The Morgan fingerprint density at radius 2 is 1.88 bits per heavy atom. The molecule has 25 heavy (non-hydrogen) atoms. The second kappa shape index (κ2) is 8.07. The molecule has 0 aromatic heterocycles. The van der Waals surface area contributed by atoms with Crippen LogP contribution in [0.25, 0.3) is 0 Å². The largest absolute Gasteiger partial charge is 0.383 e. The van der Waals surface area contributed by atoms with Crippen molar-refractivity contribution in [3.8, 4) is 0 Å². The summed E-state index contributed by atoms with van der Waals surface area (Å²) in [6, 6.07) is 0.0849. The van der Waals surface area contributed by atoms with E-state index in [1.54, 1.807) is 4.90 Å². The van der Waals surface area contributed by atoms with Gasteiger partial charge in [0.15, 0.2) is 0 Å². The Morgan fingerprint density at radius 3 is 2.44 bits per heavy atom. The number of piperidine rings is 1. The third kappa shape index (κ3) is 4.55. The molecule has 1 saturated heterocycles. The van der Waals surface area contributed by atoms with E-state index >= 15 is 0 Å². The van der Waals surface area contributed by atoms with E-state index in [1.807, 2.05) is 0 Å². The van der Waals surface area contributed by atoms with Crippen molar-refractivity contribution in [3.05, 3.63) is 0 Å². The maximum Gasteiger partial charge on any atom is 0.249 e. The maximum absolute atomic E-state index is 12.5. The van der Waals surface area contributed by atoms with E-state index in [0.29, 0.717) is 19.5 Å². The van der Waals surface area contributed by atoms with E-state index < -0.39 is 6.10 Å². The van der Waals surface area contributed by atoms with Crippen molar-refractivity contribution < 1.29 is 14.7 Å². The molecule has 2 bridgehead atoms. The first-order chi connectivity index (χ1) is 12.0. The minimum absolute atomic E-state index is 0.0849. The molecule has 1 aliphatic heterocycles. The summed E-state index contributed by atoms with van der Waals surface area (Å²) in [7, 11) is 0. The molecule has 0 spiro atoms. The molecule has 1 heterocycles. The van der Waals surface area contributed by atoms with E-state index in [2.05, 4.69) is 12.2 Å². The second-order valence-corrected chi connectivity index (χ2v) is 8.80. The predicted molar refractivity (Wildman–Crippen MR) is 96.8 cm³/mol. The number of carbonyl (C=O) groups is 2. The normalized spacial score (nSPS) is 34.4. The van der Waals surface area contributed by atoms with E-state index in [9.17, 15) is 14.7 Å². The predicted octanol–water partition coefficient (Wildman–Crippen LogP) is 2.47. The molecule has 5 nitrogen and oxygen atoms in total. The smallest absolute Gasteiger partial charge is 0.249 e. The third-order valence-corrected chi connectivity index (χ3v) is 7.04. The van der Waals surface area contributed by atoms with Gasteiger partial charge in [0.2, 0.25) is 12.3 Å². The van der Waals surface area contributed by atoms with Crippen LogP contribution < -0.4 is 5.32 Å². The molecule has 2 N–H and O–H groups in total. The van der Waals surface area contributed by atoms with Crippen molar-refractivity contribution >= 4 is 12.3 Å². The number of aliphatic hydroxyl groups excluding tert-OH is 1. The number of nitrogens with one attached hydrogen (secondary N) is 1. The zero-order chi connectivity index (χ0) is 17.9. The van der Waals surface area contributed by atoms with Crippen LogP contribution in [0.5, 0.6) is 0 Å². The van der Waals surface area contributed by atoms with Crippen LogP contribution in [0.2, 0.25) is 0 Å². The molecule has 2 amide bonds. The van der Waals surface area contributed by atoms with Crippen LogP contribution >= 0.6 is 0 Å². The van der Waals surface area contributed by atoms with Gasteiger partial charge in [0, 0.05) is 19.1 Å². The molecule has 3 aliphatic rings. The summed E-state index contributed by atoms with van der Waals surface area (Å²) in [6.07, 6.45) is 10.9. The lowest BCUT2D eigenvalue weighted by Crippen LogP contribution is -2.48. The molecule has 5 heteroatoms. The van der Waals surface area contributed by atoms with Crippen molar-refractivity contribution in [2.24, 2.45) is 17.3 Å². The third-order valence-electron chi connectivity index (χ3n) is 7.04. The summed E-state index contributed by atoms with van der Waals surface area (Å²) in [4.78, 5) is 25.0. The van der Waals surface area contributed by atoms with E-state index in [4.69, 9.17) is 0 Å². The molecule has 3 unspecified atom stereocenters. The summed E-state index contributed by atoms with van der Waals surface area (Å²) in [6.45, 7) is 3.60. The lowest BCUT2D eigenvalue weighted by molar-refractivity contribution is -0.133. The number of likely N-dealkylation sites (tertiary alicyclic amines) is 1. The summed E-state index contributed by atoms with van der Waals surface area (Å²) < 4.78 is 0. The summed E-state index contributed by atoms with van der Waals surface area (Å²) in [5.41, 5.74) is 0.144. The Bertz CT molecular complexity index is 462. The quantitative estimate of drug-likeness (QED) is 0.723. The van der Waals surface area contributed by atoms with Crippen LogP contribution in [0.1, 0.15) is 71.1 Å². The molecule has 3 rings (SSSR count). The number of rotatable bonds is 6. The van der Waals surface area contributed by atoms with Gasteiger partial charge in [0.25, 0.3) is 0 Å². The van der Waals surface area contributed by atoms with Gasteiger partial charge in [-0.1, -0.05) is 32.6 Å². The van der Waals surface area contributed by atoms with Crippen molar-refractivity contribution in [3.63, 3.8) is 0 Å². The first-order valence-electron chi connectivity index (χ1n) is 10.2. The van der Waals surface area contributed by atoms with E-state index in [1.165, 1.54) is 38.5 Å². The van der Waals surface area contributed by atoms with Crippen LogP contribution in [0.4, 0.5) is 0 Å². The topological polar surface area (TPSA) is 69.6 Å². The molecular weight excluding hydrogens is 316 g/mol. The van der Waals surface area contributed by atoms with Crippen molar-refractivity contribution in [2.45, 2.75) is 83.3 Å². The first kappa shape index (κ1) is 18.7. The number of nitrogens with zero attached hydrogens (tertiary/aromatic N) is 1. The zero-order valence-corrected chi connectivity index (χ0v) is 15.6. The SMILES string of the molecule is CCC1(CC(O)C(=O)NC2CCN(C=O)CC2)CC2CCCC(C2)C1.